The van der Waals surface area contributed by atoms with E-state index < -0.39 is 0 Å². The summed E-state index contributed by atoms with van der Waals surface area (Å²) in [4.78, 5) is 4.65. The molecule has 4 heteroatoms. The van der Waals surface area contributed by atoms with Gasteiger partial charge in [-0.1, -0.05) is 55.9 Å². The predicted octanol–water partition coefficient (Wildman–Crippen LogP) is 4.23. The summed E-state index contributed by atoms with van der Waals surface area (Å²) in [5.41, 5.74) is 2.41. The molecule has 1 aromatic carbocycles. The lowest BCUT2D eigenvalue weighted by Crippen LogP contribution is -2.16. The zero-order valence-electron chi connectivity index (χ0n) is 12.7. The van der Waals surface area contributed by atoms with Crippen molar-refractivity contribution in [2.24, 2.45) is 0 Å². The highest BCUT2D eigenvalue weighted by Crippen LogP contribution is 2.29. The van der Waals surface area contributed by atoms with Crippen LogP contribution in [0.4, 0.5) is 0 Å². The fraction of sp³-hybridized carbons (Fsp3) is 0.471. The van der Waals surface area contributed by atoms with E-state index in [2.05, 4.69) is 47.7 Å². The molecular formula is C17H22N2OS. The van der Waals surface area contributed by atoms with Crippen LogP contribution in [0.3, 0.4) is 0 Å². The highest BCUT2D eigenvalue weighted by molar-refractivity contribution is 7.99. The van der Waals surface area contributed by atoms with Gasteiger partial charge in [0.15, 0.2) is 5.16 Å². The monoisotopic (exact) mass is 302 g/mol. The van der Waals surface area contributed by atoms with Crippen LogP contribution in [0.1, 0.15) is 26.7 Å². The van der Waals surface area contributed by atoms with E-state index in [0.29, 0.717) is 11.4 Å². The first-order chi connectivity index (χ1) is 10.2. The zero-order valence-corrected chi connectivity index (χ0v) is 13.5. The van der Waals surface area contributed by atoms with Crippen molar-refractivity contribution in [1.29, 1.82) is 0 Å². The molecule has 0 radical (unpaired) electrons. The molecule has 2 heterocycles. The number of thioether (sulfide) groups is 1. The lowest BCUT2D eigenvalue weighted by atomic mass is 10.1. The van der Waals surface area contributed by atoms with Gasteiger partial charge in [0.2, 0.25) is 0 Å². The summed E-state index contributed by atoms with van der Waals surface area (Å²) in [5.74, 6) is 0. The van der Waals surface area contributed by atoms with E-state index in [1.807, 2.05) is 24.0 Å². The molecule has 0 aliphatic carbocycles. The van der Waals surface area contributed by atoms with Gasteiger partial charge in [-0.3, -0.25) is 0 Å². The van der Waals surface area contributed by atoms with Crippen molar-refractivity contribution in [3.8, 4) is 11.3 Å². The van der Waals surface area contributed by atoms with Crippen LogP contribution >= 0.6 is 11.8 Å². The van der Waals surface area contributed by atoms with Crippen molar-refractivity contribution in [1.82, 2.24) is 9.55 Å². The highest BCUT2D eigenvalue weighted by atomic mass is 32.2. The maximum Gasteiger partial charge on any atom is 0.168 e. The molecular weight excluding hydrogens is 280 g/mol. The van der Waals surface area contributed by atoms with Gasteiger partial charge < -0.3 is 9.30 Å². The first kappa shape index (κ1) is 14.7. The molecule has 3 nitrogen and oxygen atoms in total. The summed E-state index contributed by atoms with van der Waals surface area (Å²) >= 11 is 1.82. The van der Waals surface area contributed by atoms with E-state index in [4.69, 9.17) is 4.74 Å². The second-order valence-electron chi connectivity index (χ2n) is 5.70. The summed E-state index contributed by atoms with van der Waals surface area (Å²) in [6.07, 6.45) is 4.65. The second kappa shape index (κ2) is 6.67. The fourth-order valence-corrected chi connectivity index (χ4v) is 3.51. The van der Waals surface area contributed by atoms with E-state index in [1.54, 1.807) is 0 Å². The third-order valence-electron chi connectivity index (χ3n) is 3.64. The van der Waals surface area contributed by atoms with Gasteiger partial charge in [0.05, 0.1) is 24.5 Å². The molecule has 1 aromatic heterocycles. The summed E-state index contributed by atoms with van der Waals surface area (Å²) in [5, 5.41) is 1.62. The van der Waals surface area contributed by atoms with E-state index in [1.165, 1.54) is 17.7 Å². The Morgan fingerprint density at radius 1 is 1.33 bits per heavy atom. The molecule has 21 heavy (non-hydrogen) atoms. The van der Waals surface area contributed by atoms with Crippen molar-refractivity contribution >= 4 is 11.8 Å². The maximum absolute atomic E-state index is 5.82. The average molecular weight is 302 g/mol. The Kier molecular flexibility index (Phi) is 4.66. The van der Waals surface area contributed by atoms with Crippen molar-refractivity contribution in [2.45, 2.75) is 49.7 Å². The summed E-state index contributed by atoms with van der Waals surface area (Å²) in [6, 6.07) is 10.5. The van der Waals surface area contributed by atoms with Gasteiger partial charge >= 0.3 is 0 Å². The van der Waals surface area contributed by atoms with Crippen LogP contribution in [0.15, 0.2) is 41.7 Å². The van der Waals surface area contributed by atoms with Gasteiger partial charge in [-0.25, -0.2) is 4.98 Å². The normalized spacial score (nSPS) is 18.5. The molecule has 1 aliphatic heterocycles. The first-order valence-corrected chi connectivity index (χ1v) is 8.51. The van der Waals surface area contributed by atoms with Crippen LogP contribution in [-0.2, 0) is 11.3 Å². The summed E-state index contributed by atoms with van der Waals surface area (Å²) in [6.45, 7) is 6.21. The Morgan fingerprint density at radius 2 is 2.14 bits per heavy atom. The molecule has 1 saturated heterocycles. The summed E-state index contributed by atoms with van der Waals surface area (Å²) in [7, 11) is 0. The van der Waals surface area contributed by atoms with Crippen LogP contribution in [0, 0.1) is 0 Å². The molecule has 0 amide bonds. The van der Waals surface area contributed by atoms with Crippen molar-refractivity contribution in [2.75, 3.05) is 6.61 Å². The Labute approximate surface area is 130 Å². The minimum absolute atomic E-state index is 0.327. The maximum atomic E-state index is 5.82. The fourth-order valence-electron chi connectivity index (χ4n) is 2.67. The molecule has 1 aliphatic rings. The van der Waals surface area contributed by atoms with Gasteiger partial charge in [-0.2, -0.15) is 0 Å². The Bertz CT molecular complexity index is 574. The van der Waals surface area contributed by atoms with Crippen molar-refractivity contribution in [3.63, 3.8) is 0 Å². The number of ether oxygens (including phenoxy) is 1. The number of imidazole rings is 1. The number of hydrogen-bond donors (Lipinski definition) is 0. The molecule has 1 fully saturated rings. The largest absolute Gasteiger partial charge is 0.376 e. The van der Waals surface area contributed by atoms with E-state index in [-0.39, 0.29) is 0 Å². The van der Waals surface area contributed by atoms with Gasteiger partial charge in [-0.15, -0.1) is 0 Å². The Hall–Kier alpha value is -1.26. The molecule has 1 atom stereocenters. The van der Waals surface area contributed by atoms with Crippen LogP contribution in [0.2, 0.25) is 0 Å². The zero-order chi connectivity index (χ0) is 14.7. The third kappa shape index (κ3) is 3.50. The second-order valence-corrected chi connectivity index (χ2v) is 7.25. The molecule has 0 saturated carbocycles. The molecule has 112 valence electrons. The molecule has 3 rings (SSSR count). The number of nitrogens with zero attached hydrogens (tertiary/aromatic N) is 2. The minimum atomic E-state index is 0.327. The van der Waals surface area contributed by atoms with Gasteiger partial charge in [0.25, 0.3) is 0 Å². The molecule has 0 spiro atoms. The van der Waals surface area contributed by atoms with Gasteiger partial charge in [0.1, 0.15) is 0 Å². The lowest BCUT2D eigenvalue weighted by Gasteiger charge is -2.16. The molecule has 0 bridgehead atoms. The number of benzene rings is 1. The standard InChI is InChI=1S/C17H22N2OS/c1-13(2)21-17-18-11-16(14-7-4-3-5-8-14)19(17)12-15-9-6-10-20-15/h3-5,7-8,11,13,15H,6,9-10,12H2,1-2H3. The van der Waals surface area contributed by atoms with E-state index in [9.17, 15) is 0 Å². The van der Waals surface area contributed by atoms with Crippen LogP contribution in [0.25, 0.3) is 11.3 Å². The van der Waals surface area contributed by atoms with Crippen LogP contribution < -0.4 is 0 Å². The molecule has 1 unspecified atom stereocenters. The Balaban J connectivity index is 1.93. The number of hydrogen-bond acceptors (Lipinski definition) is 3. The van der Waals surface area contributed by atoms with E-state index in [0.717, 1.165) is 24.7 Å². The van der Waals surface area contributed by atoms with Crippen molar-refractivity contribution in [3.05, 3.63) is 36.5 Å². The third-order valence-corrected chi connectivity index (χ3v) is 4.65. The summed E-state index contributed by atoms with van der Waals surface area (Å²) < 4.78 is 8.15. The quantitative estimate of drug-likeness (QED) is 0.773. The average Bonchev–Trinajstić information content (AvgIpc) is 3.11. The van der Waals surface area contributed by atoms with E-state index >= 15 is 0 Å². The predicted molar refractivity (Wildman–Crippen MR) is 87.6 cm³/mol. The number of rotatable bonds is 5. The SMILES string of the molecule is CC(C)Sc1ncc(-c2ccccc2)n1CC1CCCO1. The Morgan fingerprint density at radius 3 is 2.81 bits per heavy atom. The van der Waals surface area contributed by atoms with Crippen LogP contribution in [0.5, 0.6) is 0 Å². The van der Waals surface area contributed by atoms with Crippen LogP contribution in [-0.4, -0.2) is 27.5 Å². The lowest BCUT2D eigenvalue weighted by molar-refractivity contribution is 0.0953. The number of aromatic nitrogens is 2. The minimum Gasteiger partial charge on any atom is -0.376 e. The van der Waals surface area contributed by atoms with Crippen molar-refractivity contribution < 1.29 is 4.74 Å². The highest BCUT2D eigenvalue weighted by Gasteiger charge is 2.20. The molecule has 2 aromatic rings. The molecule has 0 N–H and O–H groups in total. The smallest absolute Gasteiger partial charge is 0.168 e. The topological polar surface area (TPSA) is 27.1 Å². The van der Waals surface area contributed by atoms with Gasteiger partial charge in [-0.05, 0) is 18.4 Å². The van der Waals surface area contributed by atoms with Gasteiger partial charge in [0, 0.05) is 11.9 Å². The first-order valence-electron chi connectivity index (χ1n) is 7.63.